The molecule has 25 heavy (non-hydrogen) atoms. The largest absolute Gasteiger partial charge is 0.352 e. The van der Waals surface area contributed by atoms with Crippen LogP contribution in [-0.4, -0.2) is 54.5 Å². The van der Waals surface area contributed by atoms with Crippen molar-refractivity contribution < 1.29 is 4.79 Å². The van der Waals surface area contributed by atoms with Gasteiger partial charge in [-0.3, -0.25) is 14.6 Å². The van der Waals surface area contributed by atoms with Gasteiger partial charge < -0.3 is 5.32 Å². The van der Waals surface area contributed by atoms with E-state index in [1.807, 2.05) is 0 Å². The smallest absolute Gasteiger partial charge is 0.234 e. The highest BCUT2D eigenvalue weighted by Gasteiger charge is 2.28. The van der Waals surface area contributed by atoms with E-state index in [9.17, 15) is 4.79 Å². The van der Waals surface area contributed by atoms with Crippen molar-refractivity contribution >= 4 is 5.91 Å². The normalized spacial score (nSPS) is 28.6. The number of benzene rings is 1. The molecule has 1 aliphatic heterocycles. The Morgan fingerprint density at radius 2 is 1.72 bits per heavy atom. The summed E-state index contributed by atoms with van der Waals surface area (Å²) in [7, 11) is 0. The quantitative estimate of drug-likeness (QED) is 0.893. The molecule has 3 atom stereocenters. The number of rotatable bonds is 5. The van der Waals surface area contributed by atoms with E-state index in [0.717, 1.165) is 45.1 Å². The number of carbonyl (C=O) groups is 1. The van der Waals surface area contributed by atoms with Gasteiger partial charge in [0.2, 0.25) is 5.91 Å². The van der Waals surface area contributed by atoms with Crippen molar-refractivity contribution in [1.29, 1.82) is 0 Å². The second-order valence-electron chi connectivity index (χ2n) is 7.98. The van der Waals surface area contributed by atoms with E-state index in [1.165, 1.54) is 18.4 Å². The fourth-order valence-electron chi connectivity index (χ4n) is 4.19. The number of amides is 1. The van der Waals surface area contributed by atoms with Gasteiger partial charge in [-0.15, -0.1) is 0 Å². The lowest BCUT2D eigenvalue weighted by molar-refractivity contribution is -0.124. The fraction of sp³-hybridized carbons (Fsp3) is 0.667. The minimum absolute atomic E-state index is 0.211. The molecular weight excluding hydrogens is 310 g/mol. The van der Waals surface area contributed by atoms with E-state index in [2.05, 4.69) is 59.3 Å². The standard InChI is InChI=1S/C21H33N3O/c1-17-7-6-10-20(18(17)2)22-21(25)16-24-13-11-23(12-14-24)15-19-8-4-3-5-9-19/h3-5,8-9,17-18,20H,6-7,10-16H2,1-2H3,(H,22,25). The molecule has 138 valence electrons. The summed E-state index contributed by atoms with van der Waals surface area (Å²) in [4.78, 5) is 17.2. The van der Waals surface area contributed by atoms with Crippen LogP contribution in [0.15, 0.2) is 30.3 Å². The Morgan fingerprint density at radius 3 is 2.44 bits per heavy atom. The van der Waals surface area contributed by atoms with Gasteiger partial charge in [0, 0.05) is 38.8 Å². The Kier molecular flexibility index (Phi) is 6.49. The first kappa shape index (κ1) is 18.4. The SMILES string of the molecule is CC1CCCC(NC(=O)CN2CCN(Cc3ccccc3)CC2)C1C. The van der Waals surface area contributed by atoms with Crippen molar-refractivity contribution in [2.24, 2.45) is 11.8 Å². The van der Waals surface area contributed by atoms with Gasteiger partial charge in [0.25, 0.3) is 0 Å². The van der Waals surface area contributed by atoms with E-state index < -0.39 is 0 Å². The lowest BCUT2D eigenvalue weighted by Gasteiger charge is -2.36. The van der Waals surface area contributed by atoms with Crippen LogP contribution in [-0.2, 0) is 11.3 Å². The summed E-state index contributed by atoms with van der Waals surface area (Å²) in [6, 6.07) is 11.0. The molecule has 0 radical (unpaired) electrons. The number of carbonyl (C=O) groups excluding carboxylic acids is 1. The maximum absolute atomic E-state index is 12.4. The third-order valence-electron chi connectivity index (χ3n) is 6.13. The Hall–Kier alpha value is -1.39. The predicted octanol–water partition coefficient (Wildman–Crippen LogP) is 2.75. The summed E-state index contributed by atoms with van der Waals surface area (Å²) in [6.07, 6.45) is 3.69. The van der Waals surface area contributed by atoms with Crippen molar-refractivity contribution in [2.75, 3.05) is 32.7 Å². The molecule has 3 rings (SSSR count). The Bertz CT molecular complexity index is 539. The van der Waals surface area contributed by atoms with Crippen molar-refractivity contribution in [3.8, 4) is 0 Å². The fourth-order valence-corrected chi connectivity index (χ4v) is 4.19. The molecule has 0 bridgehead atoms. The van der Waals surface area contributed by atoms with E-state index in [-0.39, 0.29) is 5.91 Å². The average molecular weight is 344 g/mol. The summed E-state index contributed by atoms with van der Waals surface area (Å²) in [6.45, 7) is 10.2. The van der Waals surface area contributed by atoms with E-state index in [1.54, 1.807) is 0 Å². The van der Waals surface area contributed by atoms with Crippen molar-refractivity contribution in [3.63, 3.8) is 0 Å². The molecule has 1 aromatic rings. The summed E-state index contributed by atoms with van der Waals surface area (Å²) >= 11 is 0. The predicted molar refractivity (Wildman–Crippen MR) is 102 cm³/mol. The molecule has 3 unspecified atom stereocenters. The summed E-state index contributed by atoms with van der Waals surface area (Å²) in [5.74, 6) is 1.53. The first-order valence-electron chi connectivity index (χ1n) is 9.90. The average Bonchev–Trinajstić information content (AvgIpc) is 2.62. The number of nitrogens with one attached hydrogen (secondary N) is 1. The lowest BCUT2D eigenvalue weighted by atomic mass is 9.78. The summed E-state index contributed by atoms with van der Waals surface area (Å²) in [5, 5.41) is 3.30. The van der Waals surface area contributed by atoms with Gasteiger partial charge in [-0.1, -0.05) is 57.0 Å². The molecule has 1 N–H and O–H groups in total. The molecule has 4 heteroatoms. The van der Waals surface area contributed by atoms with Crippen LogP contribution in [0.5, 0.6) is 0 Å². The highest BCUT2D eigenvalue weighted by molar-refractivity contribution is 5.78. The lowest BCUT2D eigenvalue weighted by Crippen LogP contribution is -2.51. The summed E-state index contributed by atoms with van der Waals surface area (Å²) < 4.78 is 0. The topological polar surface area (TPSA) is 35.6 Å². The van der Waals surface area contributed by atoms with E-state index in [0.29, 0.717) is 18.5 Å². The number of hydrogen-bond donors (Lipinski definition) is 1. The first-order chi connectivity index (χ1) is 12.1. The minimum atomic E-state index is 0.211. The molecule has 2 fully saturated rings. The van der Waals surface area contributed by atoms with Crippen LogP contribution in [0.2, 0.25) is 0 Å². The van der Waals surface area contributed by atoms with Gasteiger partial charge in [-0.05, 0) is 23.8 Å². The second kappa shape index (κ2) is 8.81. The van der Waals surface area contributed by atoms with Gasteiger partial charge >= 0.3 is 0 Å². The zero-order chi connectivity index (χ0) is 17.6. The Balaban J connectivity index is 1.39. The summed E-state index contributed by atoms with van der Waals surface area (Å²) in [5.41, 5.74) is 1.37. The Labute approximate surface area is 152 Å². The molecule has 4 nitrogen and oxygen atoms in total. The van der Waals surface area contributed by atoms with Crippen molar-refractivity contribution in [3.05, 3.63) is 35.9 Å². The van der Waals surface area contributed by atoms with Crippen molar-refractivity contribution in [1.82, 2.24) is 15.1 Å². The number of nitrogens with zero attached hydrogens (tertiary/aromatic N) is 2. The van der Waals surface area contributed by atoms with Gasteiger partial charge in [-0.25, -0.2) is 0 Å². The molecule has 0 aromatic heterocycles. The van der Waals surface area contributed by atoms with Gasteiger partial charge in [0.05, 0.1) is 6.54 Å². The molecule has 1 heterocycles. The molecule has 1 aromatic carbocycles. The van der Waals surface area contributed by atoms with E-state index in [4.69, 9.17) is 0 Å². The Morgan fingerprint density at radius 1 is 1.04 bits per heavy atom. The molecule has 1 aliphatic carbocycles. The number of piperazine rings is 1. The van der Waals surface area contributed by atoms with Crippen LogP contribution in [0.4, 0.5) is 0 Å². The van der Waals surface area contributed by atoms with Crippen molar-refractivity contribution in [2.45, 2.75) is 45.7 Å². The number of hydrogen-bond acceptors (Lipinski definition) is 3. The molecule has 1 saturated carbocycles. The maximum Gasteiger partial charge on any atom is 0.234 e. The third-order valence-corrected chi connectivity index (χ3v) is 6.13. The maximum atomic E-state index is 12.4. The second-order valence-corrected chi connectivity index (χ2v) is 7.98. The van der Waals surface area contributed by atoms with Crippen LogP contribution >= 0.6 is 0 Å². The molecule has 0 spiro atoms. The highest BCUT2D eigenvalue weighted by atomic mass is 16.2. The first-order valence-corrected chi connectivity index (χ1v) is 9.90. The van der Waals surface area contributed by atoms with Crippen LogP contribution in [0.3, 0.4) is 0 Å². The van der Waals surface area contributed by atoms with Gasteiger partial charge in [0.15, 0.2) is 0 Å². The molecule has 1 saturated heterocycles. The zero-order valence-corrected chi connectivity index (χ0v) is 15.8. The molecule has 1 amide bonds. The molecule has 2 aliphatic rings. The monoisotopic (exact) mass is 343 g/mol. The van der Waals surface area contributed by atoms with Gasteiger partial charge in [0.1, 0.15) is 0 Å². The highest BCUT2D eigenvalue weighted by Crippen LogP contribution is 2.29. The molecular formula is C21H33N3O. The van der Waals surface area contributed by atoms with E-state index >= 15 is 0 Å². The van der Waals surface area contributed by atoms with Gasteiger partial charge in [-0.2, -0.15) is 0 Å². The zero-order valence-electron chi connectivity index (χ0n) is 15.8. The van der Waals surface area contributed by atoms with Crippen LogP contribution < -0.4 is 5.32 Å². The van der Waals surface area contributed by atoms with Crippen LogP contribution in [0.1, 0.15) is 38.7 Å². The van der Waals surface area contributed by atoms with Crippen LogP contribution in [0.25, 0.3) is 0 Å². The third kappa shape index (κ3) is 5.29. The minimum Gasteiger partial charge on any atom is -0.352 e. The van der Waals surface area contributed by atoms with Crippen LogP contribution in [0, 0.1) is 11.8 Å².